The van der Waals surface area contributed by atoms with Crippen LogP contribution in [0.25, 0.3) is 10.7 Å². The second-order valence-electron chi connectivity index (χ2n) is 5.54. The molecule has 2 heterocycles. The average Bonchev–Trinajstić information content (AvgIpc) is 2.81. The minimum absolute atomic E-state index is 0.0638. The lowest BCUT2D eigenvalue weighted by Gasteiger charge is -2.17. The second kappa shape index (κ2) is 5.80. The topological polar surface area (TPSA) is 37.8 Å². The molecule has 0 fully saturated rings. The molecule has 0 atom stereocenters. The molecular weight excluding hydrogens is 254 g/mol. The van der Waals surface area contributed by atoms with Gasteiger partial charge < -0.3 is 5.32 Å². The molecule has 0 aromatic carbocycles. The third-order valence-electron chi connectivity index (χ3n) is 2.83. The van der Waals surface area contributed by atoms with Crippen LogP contribution in [0.1, 0.15) is 38.3 Å². The first kappa shape index (κ1) is 14.2. The lowest BCUT2D eigenvalue weighted by atomic mass is 9.91. The van der Waals surface area contributed by atoms with Crippen LogP contribution in [-0.2, 0) is 12.0 Å². The van der Waals surface area contributed by atoms with Gasteiger partial charge in [-0.15, -0.1) is 11.3 Å². The predicted molar refractivity (Wildman–Crippen MR) is 81.4 cm³/mol. The standard InChI is InChI=1S/C15H21N3S/c1-5-16-10-12-13(15(2,3)4)18-14(19-12)11-8-6-7-9-17-11/h6-9,16H,5,10H2,1-4H3. The molecule has 2 rings (SSSR count). The zero-order chi connectivity index (χ0) is 13.9. The van der Waals surface area contributed by atoms with Crippen LogP contribution in [0.4, 0.5) is 0 Å². The molecule has 0 aliphatic heterocycles. The summed E-state index contributed by atoms with van der Waals surface area (Å²) in [6, 6.07) is 5.95. The van der Waals surface area contributed by atoms with E-state index in [1.165, 1.54) is 10.6 Å². The molecule has 0 saturated carbocycles. The molecule has 4 heteroatoms. The van der Waals surface area contributed by atoms with Crippen LogP contribution in [0.5, 0.6) is 0 Å². The first-order valence-electron chi connectivity index (χ1n) is 6.64. The number of pyridine rings is 1. The first-order chi connectivity index (χ1) is 9.02. The number of rotatable bonds is 4. The highest BCUT2D eigenvalue weighted by Crippen LogP contribution is 2.33. The van der Waals surface area contributed by atoms with E-state index in [2.05, 4.69) is 38.0 Å². The van der Waals surface area contributed by atoms with Crippen molar-refractivity contribution in [2.75, 3.05) is 6.54 Å². The molecule has 0 aliphatic carbocycles. The van der Waals surface area contributed by atoms with Gasteiger partial charge in [0.15, 0.2) is 0 Å². The van der Waals surface area contributed by atoms with Crippen molar-refractivity contribution in [1.29, 1.82) is 0 Å². The van der Waals surface area contributed by atoms with E-state index in [-0.39, 0.29) is 5.41 Å². The summed E-state index contributed by atoms with van der Waals surface area (Å²) in [6.45, 7) is 10.6. The number of aromatic nitrogens is 2. The van der Waals surface area contributed by atoms with Crippen molar-refractivity contribution in [3.8, 4) is 10.7 Å². The van der Waals surface area contributed by atoms with E-state index < -0.39 is 0 Å². The Morgan fingerprint density at radius 3 is 2.63 bits per heavy atom. The van der Waals surface area contributed by atoms with Crippen LogP contribution in [0.15, 0.2) is 24.4 Å². The molecule has 0 saturated heterocycles. The Kier molecular flexibility index (Phi) is 4.32. The number of nitrogens with zero attached hydrogens (tertiary/aromatic N) is 2. The van der Waals surface area contributed by atoms with Gasteiger partial charge in [-0.1, -0.05) is 33.8 Å². The minimum atomic E-state index is 0.0638. The number of nitrogens with one attached hydrogen (secondary N) is 1. The first-order valence-corrected chi connectivity index (χ1v) is 7.46. The summed E-state index contributed by atoms with van der Waals surface area (Å²) >= 11 is 1.74. The second-order valence-corrected chi connectivity index (χ2v) is 6.62. The maximum Gasteiger partial charge on any atom is 0.142 e. The summed E-state index contributed by atoms with van der Waals surface area (Å²) in [5.74, 6) is 0. The number of hydrogen-bond acceptors (Lipinski definition) is 4. The predicted octanol–water partition coefficient (Wildman–Crippen LogP) is 3.61. The van der Waals surface area contributed by atoms with Gasteiger partial charge in [0.05, 0.1) is 11.4 Å². The zero-order valence-corrected chi connectivity index (χ0v) is 12.8. The molecule has 0 aliphatic rings. The number of hydrogen-bond donors (Lipinski definition) is 1. The zero-order valence-electron chi connectivity index (χ0n) is 12.0. The lowest BCUT2D eigenvalue weighted by molar-refractivity contribution is 0.561. The van der Waals surface area contributed by atoms with Gasteiger partial charge in [0.25, 0.3) is 0 Å². The van der Waals surface area contributed by atoms with Crippen molar-refractivity contribution in [3.63, 3.8) is 0 Å². The van der Waals surface area contributed by atoms with Crippen molar-refractivity contribution in [1.82, 2.24) is 15.3 Å². The van der Waals surface area contributed by atoms with E-state index in [4.69, 9.17) is 4.98 Å². The molecule has 0 spiro atoms. The molecule has 19 heavy (non-hydrogen) atoms. The Hall–Kier alpha value is -1.26. The number of thiazole rings is 1. The minimum Gasteiger partial charge on any atom is -0.312 e. The Morgan fingerprint density at radius 1 is 1.26 bits per heavy atom. The molecule has 0 unspecified atom stereocenters. The van der Waals surface area contributed by atoms with E-state index in [1.807, 2.05) is 24.4 Å². The van der Waals surface area contributed by atoms with Gasteiger partial charge in [0.2, 0.25) is 0 Å². The van der Waals surface area contributed by atoms with Crippen molar-refractivity contribution in [2.45, 2.75) is 39.7 Å². The van der Waals surface area contributed by atoms with E-state index in [0.717, 1.165) is 23.8 Å². The van der Waals surface area contributed by atoms with E-state index in [1.54, 1.807) is 11.3 Å². The summed E-state index contributed by atoms with van der Waals surface area (Å²) < 4.78 is 0. The van der Waals surface area contributed by atoms with Gasteiger partial charge in [-0.25, -0.2) is 4.98 Å². The van der Waals surface area contributed by atoms with Crippen LogP contribution >= 0.6 is 11.3 Å². The fraction of sp³-hybridized carbons (Fsp3) is 0.467. The van der Waals surface area contributed by atoms with Gasteiger partial charge in [-0.3, -0.25) is 4.98 Å². The smallest absolute Gasteiger partial charge is 0.142 e. The van der Waals surface area contributed by atoms with Gasteiger partial charge in [0.1, 0.15) is 5.01 Å². The Morgan fingerprint density at radius 2 is 2.05 bits per heavy atom. The quantitative estimate of drug-likeness (QED) is 0.926. The van der Waals surface area contributed by atoms with Crippen molar-refractivity contribution in [3.05, 3.63) is 35.0 Å². The summed E-state index contributed by atoms with van der Waals surface area (Å²) in [4.78, 5) is 10.5. The largest absolute Gasteiger partial charge is 0.312 e. The highest BCUT2D eigenvalue weighted by atomic mass is 32.1. The maximum atomic E-state index is 4.82. The summed E-state index contributed by atoms with van der Waals surface area (Å²) in [5.41, 5.74) is 2.20. The van der Waals surface area contributed by atoms with Crippen LogP contribution in [-0.4, -0.2) is 16.5 Å². The van der Waals surface area contributed by atoms with Gasteiger partial charge in [-0.05, 0) is 18.7 Å². The monoisotopic (exact) mass is 275 g/mol. The lowest BCUT2D eigenvalue weighted by Crippen LogP contribution is -2.18. The fourth-order valence-corrected chi connectivity index (χ4v) is 3.11. The Balaban J connectivity index is 2.40. The average molecular weight is 275 g/mol. The van der Waals surface area contributed by atoms with Crippen molar-refractivity contribution in [2.24, 2.45) is 0 Å². The molecular formula is C15H21N3S. The molecule has 3 nitrogen and oxygen atoms in total. The third-order valence-corrected chi connectivity index (χ3v) is 3.91. The third kappa shape index (κ3) is 3.39. The highest BCUT2D eigenvalue weighted by Gasteiger charge is 2.23. The highest BCUT2D eigenvalue weighted by molar-refractivity contribution is 7.15. The van der Waals surface area contributed by atoms with Crippen LogP contribution < -0.4 is 5.32 Å². The molecule has 2 aromatic heterocycles. The summed E-state index contributed by atoms with van der Waals surface area (Å²) in [5, 5.41) is 4.40. The SMILES string of the molecule is CCNCc1sc(-c2ccccn2)nc1C(C)(C)C. The normalized spacial score (nSPS) is 11.8. The van der Waals surface area contributed by atoms with Crippen LogP contribution in [0.2, 0.25) is 0 Å². The van der Waals surface area contributed by atoms with E-state index >= 15 is 0 Å². The van der Waals surface area contributed by atoms with Gasteiger partial charge >= 0.3 is 0 Å². The summed E-state index contributed by atoms with van der Waals surface area (Å²) in [6.07, 6.45) is 1.82. The Bertz CT molecular complexity index is 526. The van der Waals surface area contributed by atoms with Crippen molar-refractivity contribution >= 4 is 11.3 Å². The van der Waals surface area contributed by atoms with Crippen LogP contribution in [0.3, 0.4) is 0 Å². The van der Waals surface area contributed by atoms with E-state index in [9.17, 15) is 0 Å². The van der Waals surface area contributed by atoms with Gasteiger partial charge in [-0.2, -0.15) is 0 Å². The molecule has 1 N–H and O–H groups in total. The fourth-order valence-electron chi connectivity index (χ4n) is 1.89. The van der Waals surface area contributed by atoms with Crippen LogP contribution in [0, 0.1) is 0 Å². The molecule has 0 radical (unpaired) electrons. The molecule has 0 amide bonds. The van der Waals surface area contributed by atoms with Crippen molar-refractivity contribution < 1.29 is 0 Å². The van der Waals surface area contributed by atoms with E-state index in [0.29, 0.717) is 0 Å². The van der Waals surface area contributed by atoms with Gasteiger partial charge in [0, 0.05) is 23.0 Å². The molecule has 102 valence electrons. The summed E-state index contributed by atoms with van der Waals surface area (Å²) in [7, 11) is 0. The molecule has 0 bridgehead atoms. The molecule has 2 aromatic rings. The Labute approximate surface area is 119 Å². The maximum absolute atomic E-state index is 4.82.